The first-order chi connectivity index (χ1) is 13.0. The van der Waals surface area contributed by atoms with Gasteiger partial charge >= 0.3 is 0 Å². The lowest BCUT2D eigenvalue weighted by atomic mass is 10.2. The molecule has 0 fully saturated rings. The third-order valence-electron chi connectivity index (χ3n) is 4.09. The van der Waals surface area contributed by atoms with Crippen LogP contribution in [0.4, 0.5) is 5.69 Å². The fraction of sp³-hybridized carbons (Fsp3) is 0.111. The number of rotatable bonds is 3. The van der Waals surface area contributed by atoms with Crippen molar-refractivity contribution in [1.82, 2.24) is 4.57 Å². The molecule has 1 amide bonds. The number of aromatic nitrogens is 1. The number of carbonyl (C=O) groups is 1. The van der Waals surface area contributed by atoms with E-state index in [1.807, 2.05) is 29.7 Å². The molecule has 9 heteroatoms. The van der Waals surface area contributed by atoms with Crippen molar-refractivity contribution in [2.45, 2.75) is 13.5 Å². The van der Waals surface area contributed by atoms with Gasteiger partial charge in [-0.3, -0.25) is 14.9 Å². The minimum atomic E-state index is -0.450. The minimum Gasteiger partial charge on any atom is -0.315 e. The van der Waals surface area contributed by atoms with E-state index >= 15 is 0 Å². The Hall–Kier alpha value is -2.55. The van der Waals surface area contributed by atoms with Crippen molar-refractivity contribution in [3.63, 3.8) is 0 Å². The Morgan fingerprint density at radius 3 is 2.78 bits per heavy atom. The monoisotopic (exact) mass is 417 g/mol. The van der Waals surface area contributed by atoms with Crippen LogP contribution in [0.15, 0.2) is 47.5 Å². The maximum absolute atomic E-state index is 12.7. The lowest BCUT2D eigenvalue weighted by molar-refractivity contribution is -0.384. The molecule has 2 aromatic heterocycles. The van der Waals surface area contributed by atoms with Crippen LogP contribution in [0.5, 0.6) is 0 Å². The van der Waals surface area contributed by atoms with Gasteiger partial charge in [0.05, 0.1) is 25.0 Å². The summed E-state index contributed by atoms with van der Waals surface area (Å²) in [6.07, 6.45) is 0. The highest BCUT2D eigenvalue weighted by Crippen LogP contribution is 2.30. The fourth-order valence-electron chi connectivity index (χ4n) is 2.86. The van der Waals surface area contributed by atoms with Gasteiger partial charge in [0.1, 0.15) is 0 Å². The molecule has 0 radical (unpaired) electrons. The van der Waals surface area contributed by atoms with Crippen molar-refractivity contribution in [1.29, 1.82) is 0 Å². The number of nitro groups is 1. The summed E-state index contributed by atoms with van der Waals surface area (Å²) in [5, 5.41) is 12.2. The number of thiazole rings is 1. The van der Waals surface area contributed by atoms with Crippen LogP contribution < -0.4 is 4.80 Å². The van der Waals surface area contributed by atoms with Gasteiger partial charge in [-0.05, 0) is 31.2 Å². The highest BCUT2D eigenvalue weighted by Gasteiger charge is 2.14. The van der Waals surface area contributed by atoms with E-state index in [1.165, 1.54) is 34.8 Å². The lowest BCUT2D eigenvalue weighted by Crippen LogP contribution is -2.15. The number of hydrogen-bond donors (Lipinski definition) is 0. The van der Waals surface area contributed by atoms with Gasteiger partial charge in [0.25, 0.3) is 11.6 Å². The van der Waals surface area contributed by atoms with Crippen LogP contribution >= 0.6 is 34.3 Å². The molecule has 4 aromatic rings. The summed E-state index contributed by atoms with van der Waals surface area (Å²) in [6, 6.07) is 11.8. The fourth-order valence-corrected chi connectivity index (χ4v) is 5.24. The Morgan fingerprint density at radius 1 is 1.22 bits per heavy atom. The topological polar surface area (TPSA) is 77.5 Å². The van der Waals surface area contributed by atoms with Crippen LogP contribution in [0, 0.1) is 10.1 Å². The molecule has 0 N–H and O–H groups in total. The van der Waals surface area contributed by atoms with Gasteiger partial charge in [0, 0.05) is 28.8 Å². The van der Waals surface area contributed by atoms with E-state index in [1.54, 1.807) is 12.1 Å². The third-order valence-corrected chi connectivity index (χ3v) is 6.54. The van der Waals surface area contributed by atoms with Gasteiger partial charge in [-0.2, -0.15) is 4.99 Å². The number of halogens is 1. The number of hydrogen-bond acceptors (Lipinski definition) is 5. The van der Waals surface area contributed by atoms with Gasteiger partial charge in [0.15, 0.2) is 4.80 Å². The molecule has 27 heavy (non-hydrogen) atoms. The maximum Gasteiger partial charge on any atom is 0.289 e. The Kier molecular flexibility index (Phi) is 4.55. The number of benzene rings is 2. The number of thiophene rings is 1. The summed E-state index contributed by atoms with van der Waals surface area (Å²) in [6.45, 7) is 2.60. The molecule has 0 spiro atoms. The van der Waals surface area contributed by atoms with Crippen molar-refractivity contribution >= 4 is 66.2 Å². The van der Waals surface area contributed by atoms with E-state index < -0.39 is 4.92 Å². The van der Waals surface area contributed by atoms with E-state index in [-0.39, 0.29) is 11.6 Å². The normalized spacial score (nSPS) is 12.1. The molecule has 0 atom stereocenters. The summed E-state index contributed by atoms with van der Waals surface area (Å²) < 4.78 is 3.68. The third kappa shape index (κ3) is 3.16. The van der Waals surface area contributed by atoms with Crippen molar-refractivity contribution in [3.05, 3.63) is 67.3 Å². The molecule has 6 nitrogen and oxygen atoms in total. The lowest BCUT2D eigenvalue weighted by Gasteiger charge is -2.01. The van der Waals surface area contributed by atoms with E-state index in [9.17, 15) is 14.9 Å². The van der Waals surface area contributed by atoms with Crippen LogP contribution in [-0.2, 0) is 6.54 Å². The molecule has 0 aliphatic rings. The molecule has 0 unspecified atom stereocenters. The predicted octanol–water partition coefficient (Wildman–Crippen LogP) is 5.24. The smallest absolute Gasteiger partial charge is 0.289 e. The van der Waals surface area contributed by atoms with Crippen LogP contribution in [0.3, 0.4) is 0 Å². The summed E-state index contributed by atoms with van der Waals surface area (Å²) in [5.74, 6) is -0.372. The maximum atomic E-state index is 12.7. The highest BCUT2D eigenvalue weighted by molar-refractivity contribution is 7.21. The number of aryl methyl sites for hydroxylation is 1. The van der Waals surface area contributed by atoms with Crippen molar-refractivity contribution in [3.8, 4) is 0 Å². The first kappa shape index (κ1) is 17.8. The molecule has 0 bridgehead atoms. The predicted molar refractivity (Wildman–Crippen MR) is 109 cm³/mol. The molecule has 2 aromatic carbocycles. The second-order valence-electron chi connectivity index (χ2n) is 5.72. The van der Waals surface area contributed by atoms with E-state index in [2.05, 4.69) is 4.99 Å². The minimum absolute atomic E-state index is 0.000731. The zero-order valence-electron chi connectivity index (χ0n) is 14.0. The zero-order chi connectivity index (χ0) is 19.1. The molecule has 0 aliphatic heterocycles. The summed E-state index contributed by atoms with van der Waals surface area (Å²) in [7, 11) is 0. The van der Waals surface area contributed by atoms with Gasteiger partial charge in [-0.25, -0.2) is 0 Å². The molecular formula is C18H12ClN3O3S2. The van der Waals surface area contributed by atoms with Crippen molar-refractivity contribution in [2.24, 2.45) is 4.99 Å². The Bertz CT molecular complexity index is 1290. The zero-order valence-corrected chi connectivity index (χ0v) is 16.4. The van der Waals surface area contributed by atoms with Crippen molar-refractivity contribution < 1.29 is 9.72 Å². The molecule has 0 saturated heterocycles. The number of amides is 1. The first-order valence-electron chi connectivity index (χ1n) is 8.03. The van der Waals surface area contributed by atoms with E-state index in [0.717, 1.165) is 14.9 Å². The van der Waals surface area contributed by atoms with E-state index in [0.29, 0.717) is 26.6 Å². The Morgan fingerprint density at radius 2 is 2.04 bits per heavy atom. The molecule has 136 valence electrons. The number of non-ortho nitro benzene ring substituents is 1. The van der Waals surface area contributed by atoms with E-state index in [4.69, 9.17) is 11.6 Å². The molecule has 2 heterocycles. The van der Waals surface area contributed by atoms with Gasteiger partial charge in [-0.1, -0.05) is 29.0 Å². The SMILES string of the molecule is CCn1c(=NC(=O)c2cc3cc([N+](=O)[O-])ccc3s2)sc2cccc(Cl)c21. The number of fused-ring (bicyclic) bond motifs is 2. The number of nitro benzene ring substituents is 1. The molecule has 0 saturated carbocycles. The van der Waals surface area contributed by atoms with Crippen LogP contribution in [0.1, 0.15) is 16.6 Å². The van der Waals surface area contributed by atoms with Crippen molar-refractivity contribution in [2.75, 3.05) is 0 Å². The number of carbonyl (C=O) groups excluding carboxylic acids is 1. The summed E-state index contributed by atoms with van der Waals surface area (Å²) >= 11 is 8.99. The second-order valence-corrected chi connectivity index (χ2v) is 8.22. The van der Waals surface area contributed by atoms with Crippen LogP contribution in [-0.4, -0.2) is 15.4 Å². The Labute approximate surface area is 166 Å². The van der Waals surface area contributed by atoms with Crippen LogP contribution in [0.2, 0.25) is 5.02 Å². The molecule has 4 rings (SSSR count). The standard InChI is InChI=1S/C18H12ClN3O3S2/c1-2-21-16-12(19)4-3-5-14(16)27-18(21)20-17(23)15-9-10-8-11(22(24)25)6-7-13(10)26-15/h3-9H,2H2,1H3. The largest absolute Gasteiger partial charge is 0.315 e. The first-order valence-corrected chi connectivity index (χ1v) is 10.0. The molecular weight excluding hydrogens is 406 g/mol. The van der Waals surface area contributed by atoms with Gasteiger partial charge in [0.2, 0.25) is 0 Å². The highest BCUT2D eigenvalue weighted by atomic mass is 35.5. The number of para-hydroxylation sites is 1. The summed E-state index contributed by atoms with van der Waals surface area (Å²) in [4.78, 5) is 28.5. The quantitative estimate of drug-likeness (QED) is 0.338. The average molecular weight is 418 g/mol. The second kappa shape index (κ2) is 6.88. The average Bonchev–Trinajstić information content (AvgIpc) is 3.22. The summed E-state index contributed by atoms with van der Waals surface area (Å²) in [5.41, 5.74) is 0.865. The Balaban J connectivity index is 1.82. The molecule has 0 aliphatic carbocycles. The van der Waals surface area contributed by atoms with Crippen LogP contribution in [0.25, 0.3) is 20.3 Å². The van der Waals surface area contributed by atoms with Gasteiger partial charge in [-0.15, -0.1) is 11.3 Å². The van der Waals surface area contributed by atoms with Gasteiger partial charge < -0.3 is 4.57 Å². The number of nitrogens with zero attached hydrogens (tertiary/aromatic N) is 3.